The van der Waals surface area contributed by atoms with E-state index in [1.165, 1.54) is 12.1 Å². The Morgan fingerprint density at radius 3 is 2.38 bits per heavy atom. The minimum atomic E-state index is -4.10. The number of aromatic nitrogens is 1. The Morgan fingerprint density at radius 1 is 1.00 bits per heavy atom. The predicted molar refractivity (Wildman–Crippen MR) is 112 cm³/mol. The van der Waals surface area contributed by atoms with Gasteiger partial charge < -0.3 is 15.8 Å². The lowest BCUT2D eigenvalue weighted by Gasteiger charge is -2.16. The van der Waals surface area contributed by atoms with Crippen LogP contribution in [0.2, 0.25) is 0 Å². The molecule has 7 nitrogen and oxygen atoms in total. The summed E-state index contributed by atoms with van der Waals surface area (Å²) in [5.41, 5.74) is 7.98. The first-order valence-electron chi connectivity index (χ1n) is 8.94. The Hall–Kier alpha value is -3.36. The number of hydrogen-bond acceptors (Lipinski definition) is 4. The number of anilines is 1. The standard InChI is InChI=1S/C21H19N3O4S/c22-17-9-10-20(16-7-2-1-6-15(16)17)29(27,28)24-19(21(25)26)11-13-12-23-18-8-4-3-5-14(13)18/h1-10,12,19,23-24H,11,22H2,(H,25,26). The molecule has 0 radical (unpaired) electrons. The van der Waals surface area contributed by atoms with Crippen molar-refractivity contribution in [1.29, 1.82) is 0 Å². The van der Waals surface area contributed by atoms with Crippen LogP contribution in [-0.4, -0.2) is 30.5 Å². The maximum atomic E-state index is 13.0. The summed E-state index contributed by atoms with van der Waals surface area (Å²) in [6.45, 7) is 0. The molecule has 0 aliphatic carbocycles. The Labute approximate surface area is 167 Å². The topological polar surface area (TPSA) is 125 Å². The zero-order valence-electron chi connectivity index (χ0n) is 15.3. The summed E-state index contributed by atoms with van der Waals surface area (Å²) in [6, 6.07) is 15.9. The average molecular weight is 409 g/mol. The van der Waals surface area contributed by atoms with Crippen LogP contribution in [-0.2, 0) is 21.2 Å². The number of para-hydroxylation sites is 1. The fourth-order valence-electron chi connectivity index (χ4n) is 3.48. The van der Waals surface area contributed by atoms with Crippen molar-refractivity contribution in [2.45, 2.75) is 17.4 Å². The highest BCUT2D eigenvalue weighted by molar-refractivity contribution is 7.89. The van der Waals surface area contributed by atoms with Crippen molar-refractivity contribution in [3.05, 3.63) is 72.4 Å². The number of carboxylic acids is 1. The van der Waals surface area contributed by atoms with E-state index in [0.29, 0.717) is 16.5 Å². The fourth-order valence-corrected chi connectivity index (χ4v) is 4.88. The minimum Gasteiger partial charge on any atom is -0.480 e. The van der Waals surface area contributed by atoms with Crippen molar-refractivity contribution in [3.8, 4) is 0 Å². The maximum absolute atomic E-state index is 13.0. The quantitative estimate of drug-likeness (QED) is 0.364. The summed E-state index contributed by atoms with van der Waals surface area (Å²) in [4.78, 5) is 14.9. The molecule has 0 aliphatic heterocycles. The monoisotopic (exact) mass is 409 g/mol. The molecule has 0 amide bonds. The largest absolute Gasteiger partial charge is 0.480 e. The van der Waals surface area contributed by atoms with Gasteiger partial charge in [-0.2, -0.15) is 4.72 Å². The Morgan fingerprint density at radius 2 is 1.66 bits per heavy atom. The summed E-state index contributed by atoms with van der Waals surface area (Å²) < 4.78 is 28.4. The first-order chi connectivity index (χ1) is 13.9. The smallest absolute Gasteiger partial charge is 0.322 e. The van der Waals surface area contributed by atoms with Gasteiger partial charge in [0, 0.05) is 40.0 Å². The zero-order valence-corrected chi connectivity index (χ0v) is 16.1. The van der Waals surface area contributed by atoms with Crippen molar-refractivity contribution in [1.82, 2.24) is 9.71 Å². The van der Waals surface area contributed by atoms with E-state index >= 15 is 0 Å². The molecule has 1 unspecified atom stereocenters. The second kappa shape index (κ2) is 7.23. The Kier molecular flexibility index (Phi) is 4.73. The highest BCUT2D eigenvalue weighted by Gasteiger charge is 2.28. The highest BCUT2D eigenvalue weighted by Crippen LogP contribution is 2.28. The van der Waals surface area contributed by atoms with Gasteiger partial charge in [-0.05, 0) is 23.8 Å². The van der Waals surface area contributed by atoms with Crippen LogP contribution in [0.1, 0.15) is 5.56 Å². The first-order valence-corrected chi connectivity index (χ1v) is 10.4. The summed E-state index contributed by atoms with van der Waals surface area (Å²) in [6.07, 6.45) is 1.71. The third-order valence-corrected chi connectivity index (χ3v) is 6.43. The molecule has 1 atom stereocenters. The zero-order chi connectivity index (χ0) is 20.6. The Balaban J connectivity index is 1.70. The van der Waals surface area contributed by atoms with Crippen LogP contribution in [0.3, 0.4) is 0 Å². The van der Waals surface area contributed by atoms with Crippen molar-refractivity contribution in [2.75, 3.05) is 5.73 Å². The number of carboxylic acid groups (broad SMARTS) is 1. The van der Waals surface area contributed by atoms with Crippen LogP contribution >= 0.6 is 0 Å². The van der Waals surface area contributed by atoms with Crippen molar-refractivity contribution < 1.29 is 18.3 Å². The summed E-state index contributed by atoms with van der Waals surface area (Å²) in [5.74, 6) is -1.25. The van der Waals surface area contributed by atoms with E-state index in [-0.39, 0.29) is 11.3 Å². The highest BCUT2D eigenvalue weighted by atomic mass is 32.2. The number of hydrogen-bond donors (Lipinski definition) is 4. The molecule has 0 fully saturated rings. The van der Waals surface area contributed by atoms with Crippen molar-refractivity contribution in [2.24, 2.45) is 0 Å². The van der Waals surface area contributed by atoms with Crippen LogP contribution in [0.4, 0.5) is 5.69 Å². The number of H-pyrrole nitrogens is 1. The summed E-state index contributed by atoms with van der Waals surface area (Å²) in [5, 5.41) is 11.5. The van der Waals surface area contributed by atoms with E-state index in [2.05, 4.69) is 9.71 Å². The molecule has 5 N–H and O–H groups in total. The van der Waals surface area contributed by atoms with Gasteiger partial charge in [0.15, 0.2) is 0 Å². The molecule has 0 spiro atoms. The van der Waals surface area contributed by atoms with E-state index in [1.54, 1.807) is 30.5 Å². The lowest BCUT2D eigenvalue weighted by molar-refractivity contribution is -0.138. The van der Waals surface area contributed by atoms with Crippen LogP contribution in [0.15, 0.2) is 71.8 Å². The molecule has 0 saturated carbocycles. The number of carbonyl (C=O) groups is 1. The van der Waals surface area contributed by atoms with E-state index in [4.69, 9.17) is 5.73 Å². The third kappa shape index (κ3) is 3.55. The van der Waals surface area contributed by atoms with Crippen molar-refractivity contribution in [3.63, 3.8) is 0 Å². The van der Waals surface area contributed by atoms with Crippen LogP contribution in [0, 0.1) is 0 Å². The molecule has 8 heteroatoms. The molecule has 4 rings (SSSR count). The number of nitrogens with one attached hydrogen (secondary N) is 2. The average Bonchev–Trinajstić information content (AvgIpc) is 3.10. The molecule has 3 aromatic carbocycles. The number of sulfonamides is 1. The van der Waals surface area contributed by atoms with Gasteiger partial charge in [0.1, 0.15) is 6.04 Å². The van der Waals surface area contributed by atoms with Crippen molar-refractivity contribution >= 4 is 43.4 Å². The van der Waals surface area contributed by atoms with Crippen LogP contribution in [0.25, 0.3) is 21.7 Å². The number of aliphatic carboxylic acids is 1. The van der Waals surface area contributed by atoms with Gasteiger partial charge in [-0.15, -0.1) is 0 Å². The number of benzene rings is 3. The van der Waals surface area contributed by atoms with Gasteiger partial charge >= 0.3 is 5.97 Å². The molecule has 4 aromatic rings. The van der Waals surface area contributed by atoms with Gasteiger partial charge in [-0.25, -0.2) is 8.42 Å². The molecule has 1 heterocycles. The maximum Gasteiger partial charge on any atom is 0.322 e. The lowest BCUT2D eigenvalue weighted by atomic mass is 10.1. The van der Waals surface area contributed by atoms with Gasteiger partial charge in [0.25, 0.3) is 0 Å². The van der Waals surface area contributed by atoms with Gasteiger partial charge in [-0.3, -0.25) is 4.79 Å². The molecule has 29 heavy (non-hydrogen) atoms. The number of aromatic amines is 1. The molecule has 0 aliphatic rings. The second-order valence-electron chi connectivity index (χ2n) is 6.77. The number of nitrogens with two attached hydrogens (primary N) is 1. The normalized spacial score (nSPS) is 13.0. The van der Waals surface area contributed by atoms with Crippen LogP contribution < -0.4 is 10.5 Å². The van der Waals surface area contributed by atoms with Gasteiger partial charge in [0.05, 0.1) is 4.90 Å². The number of rotatable bonds is 6. The number of nitrogen functional groups attached to an aromatic ring is 1. The fraction of sp³-hybridized carbons (Fsp3) is 0.0952. The van der Waals surface area contributed by atoms with E-state index < -0.39 is 22.0 Å². The van der Waals surface area contributed by atoms with E-state index in [9.17, 15) is 18.3 Å². The molecule has 0 saturated heterocycles. The van der Waals surface area contributed by atoms with E-state index in [1.807, 2.05) is 24.3 Å². The predicted octanol–water partition coefficient (Wildman–Crippen LogP) is 2.88. The number of fused-ring (bicyclic) bond motifs is 2. The second-order valence-corrected chi connectivity index (χ2v) is 8.46. The van der Waals surface area contributed by atoms with Gasteiger partial charge in [-0.1, -0.05) is 42.5 Å². The SMILES string of the molecule is Nc1ccc(S(=O)(=O)NC(Cc2c[nH]c3ccccc23)C(=O)O)c2ccccc12. The minimum absolute atomic E-state index is 0.00544. The molecule has 1 aromatic heterocycles. The summed E-state index contributed by atoms with van der Waals surface area (Å²) in [7, 11) is -4.10. The van der Waals surface area contributed by atoms with Crippen LogP contribution in [0.5, 0.6) is 0 Å². The van der Waals surface area contributed by atoms with E-state index in [0.717, 1.165) is 16.5 Å². The van der Waals surface area contributed by atoms with Gasteiger partial charge in [0.2, 0.25) is 10.0 Å². The molecule has 148 valence electrons. The third-order valence-electron chi connectivity index (χ3n) is 4.90. The molecular weight excluding hydrogens is 390 g/mol. The Bertz CT molecular complexity index is 1330. The first kappa shape index (κ1) is 19.0. The molecular formula is C21H19N3O4S. The summed E-state index contributed by atoms with van der Waals surface area (Å²) >= 11 is 0. The lowest BCUT2D eigenvalue weighted by Crippen LogP contribution is -2.42. The molecule has 0 bridgehead atoms.